The summed E-state index contributed by atoms with van der Waals surface area (Å²) in [7, 11) is 0. The monoisotopic (exact) mass is 321 g/mol. The van der Waals surface area contributed by atoms with E-state index in [0.717, 1.165) is 26.2 Å². The van der Waals surface area contributed by atoms with E-state index in [1.807, 2.05) is 0 Å². The molecule has 1 aliphatic rings. The number of nitriles is 1. The number of fused-ring (bicyclic) bond motifs is 1. The molecule has 0 amide bonds. The van der Waals surface area contributed by atoms with Crippen LogP contribution in [0.3, 0.4) is 0 Å². The van der Waals surface area contributed by atoms with Gasteiger partial charge < -0.3 is 15.2 Å². The quantitative estimate of drug-likeness (QED) is 0.627. The van der Waals surface area contributed by atoms with Gasteiger partial charge in [-0.2, -0.15) is 15.2 Å². The first-order valence-corrected chi connectivity index (χ1v) is 7.57. The maximum Gasteiger partial charge on any atom is 0.327 e. The number of nitrogens with one attached hydrogen (secondary N) is 2. The van der Waals surface area contributed by atoms with E-state index in [1.165, 1.54) is 4.57 Å². The number of H-pyrrole nitrogens is 1. The molecule has 0 spiro atoms. The van der Waals surface area contributed by atoms with Gasteiger partial charge in [0.25, 0.3) is 0 Å². The highest BCUT2D eigenvalue weighted by Gasteiger charge is 2.20. The highest BCUT2D eigenvalue weighted by atomic mass is 35.5. The van der Waals surface area contributed by atoms with Crippen LogP contribution in [0.1, 0.15) is 12.8 Å². The summed E-state index contributed by atoms with van der Waals surface area (Å²) in [5, 5.41) is 12.0. The molecule has 8 nitrogen and oxygen atoms in total. The van der Waals surface area contributed by atoms with Gasteiger partial charge >= 0.3 is 5.69 Å². The number of anilines is 1. The first kappa shape index (κ1) is 14.8. The number of hydrogen-bond acceptors (Lipinski definition) is 6. The minimum atomic E-state index is -0.249. The summed E-state index contributed by atoms with van der Waals surface area (Å²) in [4.78, 5) is 25.6. The number of rotatable bonds is 4. The second-order valence-electron chi connectivity index (χ2n) is 5.10. The van der Waals surface area contributed by atoms with Crippen molar-refractivity contribution < 1.29 is 0 Å². The number of aromatic amines is 1. The third kappa shape index (κ3) is 2.77. The van der Waals surface area contributed by atoms with Crippen molar-refractivity contribution in [2.45, 2.75) is 19.4 Å². The number of halogens is 1. The zero-order chi connectivity index (χ0) is 15.5. The number of unbranched alkanes of at least 4 members (excludes halogenated alkanes) is 1. The number of imidazole rings is 1. The number of aryl methyl sites for hydroxylation is 1. The summed E-state index contributed by atoms with van der Waals surface area (Å²) < 4.78 is 1.52. The van der Waals surface area contributed by atoms with Crippen molar-refractivity contribution in [2.24, 2.45) is 0 Å². The van der Waals surface area contributed by atoms with Crippen LogP contribution in [0, 0.1) is 11.3 Å². The molecule has 22 heavy (non-hydrogen) atoms. The molecule has 0 radical (unpaired) electrons. The molecule has 0 saturated carbocycles. The minimum Gasteiger partial charge on any atom is -0.352 e. The Balaban J connectivity index is 2.05. The molecule has 1 saturated heterocycles. The first-order valence-electron chi connectivity index (χ1n) is 7.19. The van der Waals surface area contributed by atoms with Crippen molar-refractivity contribution in [3.8, 4) is 6.07 Å². The van der Waals surface area contributed by atoms with Crippen molar-refractivity contribution in [2.75, 3.05) is 31.1 Å². The SMILES string of the molecule is N#CCCCn1c(=O)[nH]c2c(N3CCNCC3)nc(Cl)nc21. The van der Waals surface area contributed by atoms with Gasteiger partial charge in [-0.1, -0.05) is 0 Å². The maximum atomic E-state index is 12.2. The molecule has 0 aliphatic carbocycles. The Kier molecular flexibility index (Phi) is 4.27. The van der Waals surface area contributed by atoms with E-state index in [2.05, 4.69) is 31.2 Å². The van der Waals surface area contributed by atoms with Crippen LogP contribution in [0.2, 0.25) is 5.28 Å². The van der Waals surface area contributed by atoms with Crippen LogP contribution < -0.4 is 15.9 Å². The molecule has 0 bridgehead atoms. The third-order valence-corrected chi connectivity index (χ3v) is 3.83. The zero-order valence-corrected chi connectivity index (χ0v) is 12.7. The van der Waals surface area contributed by atoms with Crippen LogP contribution in [0.4, 0.5) is 5.82 Å². The largest absolute Gasteiger partial charge is 0.352 e. The van der Waals surface area contributed by atoms with Crippen molar-refractivity contribution in [3.05, 3.63) is 15.8 Å². The third-order valence-electron chi connectivity index (χ3n) is 3.66. The molecule has 3 rings (SSSR count). The minimum absolute atomic E-state index is 0.120. The van der Waals surface area contributed by atoms with Crippen molar-refractivity contribution in [1.82, 2.24) is 24.8 Å². The van der Waals surface area contributed by atoms with Crippen molar-refractivity contribution in [3.63, 3.8) is 0 Å². The van der Waals surface area contributed by atoms with Gasteiger partial charge in [0.2, 0.25) is 5.28 Å². The summed E-state index contributed by atoms with van der Waals surface area (Å²) >= 11 is 6.04. The van der Waals surface area contributed by atoms with Gasteiger partial charge in [-0.3, -0.25) is 4.57 Å². The Morgan fingerprint density at radius 3 is 2.82 bits per heavy atom. The number of piperazine rings is 1. The summed E-state index contributed by atoms with van der Waals surface area (Å²) in [6, 6.07) is 2.07. The van der Waals surface area contributed by atoms with E-state index < -0.39 is 0 Å². The maximum absolute atomic E-state index is 12.2. The molecule has 3 heterocycles. The average Bonchev–Trinajstić information content (AvgIpc) is 2.84. The number of aromatic nitrogens is 4. The van der Waals surface area contributed by atoms with Crippen LogP contribution in [0.5, 0.6) is 0 Å². The van der Waals surface area contributed by atoms with Crippen molar-refractivity contribution >= 4 is 28.6 Å². The fraction of sp³-hybridized carbons (Fsp3) is 0.538. The van der Waals surface area contributed by atoms with Gasteiger partial charge in [0, 0.05) is 39.1 Å². The second-order valence-corrected chi connectivity index (χ2v) is 5.43. The van der Waals surface area contributed by atoms with Crippen LogP contribution in [0.25, 0.3) is 11.2 Å². The van der Waals surface area contributed by atoms with Crippen LogP contribution in [-0.2, 0) is 6.54 Å². The first-order chi connectivity index (χ1) is 10.7. The molecular weight excluding hydrogens is 306 g/mol. The lowest BCUT2D eigenvalue weighted by Crippen LogP contribution is -2.44. The average molecular weight is 322 g/mol. The van der Waals surface area contributed by atoms with Crippen LogP contribution in [-0.4, -0.2) is 45.7 Å². The van der Waals surface area contributed by atoms with E-state index in [4.69, 9.17) is 16.9 Å². The molecule has 2 N–H and O–H groups in total. The van der Waals surface area contributed by atoms with E-state index in [-0.39, 0.29) is 11.0 Å². The smallest absolute Gasteiger partial charge is 0.327 e. The molecule has 116 valence electrons. The Morgan fingerprint density at radius 1 is 1.32 bits per heavy atom. The lowest BCUT2D eigenvalue weighted by molar-refractivity contribution is 0.585. The Hall–Kier alpha value is -2.11. The molecule has 9 heteroatoms. The highest BCUT2D eigenvalue weighted by molar-refractivity contribution is 6.28. The predicted octanol–water partition coefficient (Wildman–Crippen LogP) is 0.486. The van der Waals surface area contributed by atoms with E-state index in [0.29, 0.717) is 36.4 Å². The standard InChI is InChI=1S/C13H16ClN7O/c14-12-18-10(20-7-4-16-5-8-20)9-11(19-12)21(13(22)17-9)6-2-1-3-15/h16H,1-2,4-8H2,(H,17,22). The molecule has 2 aromatic heterocycles. The van der Waals surface area contributed by atoms with Gasteiger partial charge in [0.1, 0.15) is 5.52 Å². The molecule has 0 unspecified atom stereocenters. The summed E-state index contributed by atoms with van der Waals surface area (Å²) in [5.74, 6) is 0.660. The summed E-state index contributed by atoms with van der Waals surface area (Å²) in [5.41, 5.74) is 0.852. The van der Waals surface area contributed by atoms with E-state index in [9.17, 15) is 4.79 Å². The molecule has 0 aromatic carbocycles. The van der Waals surface area contributed by atoms with E-state index >= 15 is 0 Å². The Bertz CT molecular complexity index is 769. The lowest BCUT2D eigenvalue weighted by atomic mass is 10.3. The number of hydrogen-bond donors (Lipinski definition) is 2. The van der Waals surface area contributed by atoms with Gasteiger partial charge in [0.05, 0.1) is 6.07 Å². The van der Waals surface area contributed by atoms with Gasteiger partial charge in [0.15, 0.2) is 11.5 Å². The zero-order valence-electron chi connectivity index (χ0n) is 12.0. The summed E-state index contributed by atoms with van der Waals surface area (Å²) in [6.45, 7) is 3.74. The fourth-order valence-corrected chi connectivity index (χ4v) is 2.78. The predicted molar refractivity (Wildman–Crippen MR) is 83.1 cm³/mol. The Labute approximate surface area is 131 Å². The van der Waals surface area contributed by atoms with Gasteiger partial charge in [-0.25, -0.2) is 4.79 Å². The topological polar surface area (TPSA) is 103 Å². The van der Waals surface area contributed by atoms with Gasteiger partial charge in [-0.05, 0) is 18.0 Å². The fourth-order valence-electron chi connectivity index (χ4n) is 2.62. The van der Waals surface area contributed by atoms with Crippen molar-refractivity contribution in [1.29, 1.82) is 5.26 Å². The highest BCUT2D eigenvalue weighted by Crippen LogP contribution is 2.23. The molecule has 2 aromatic rings. The number of nitrogens with zero attached hydrogens (tertiary/aromatic N) is 5. The second kappa shape index (κ2) is 6.34. The normalized spacial score (nSPS) is 15.2. The lowest BCUT2D eigenvalue weighted by Gasteiger charge is -2.28. The molecule has 0 atom stereocenters. The molecule has 1 fully saturated rings. The molecule has 1 aliphatic heterocycles. The van der Waals surface area contributed by atoms with Crippen LogP contribution in [0.15, 0.2) is 4.79 Å². The Morgan fingerprint density at radius 2 is 2.09 bits per heavy atom. The van der Waals surface area contributed by atoms with Crippen LogP contribution >= 0.6 is 11.6 Å². The van der Waals surface area contributed by atoms with Gasteiger partial charge in [-0.15, -0.1) is 0 Å². The molecular formula is C13H16ClN7O. The van der Waals surface area contributed by atoms with E-state index in [1.54, 1.807) is 0 Å². The summed E-state index contributed by atoms with van der Waals surface area (Å²) in [6.07, 6.45) is 0.983.